The van der Waals surface area contributed by atoms with E-state index in [1.165, 1.54) is 12.1 Å². The molecule has 2 rings (SSSR count). The first-order valence-electron chi connectivity index (χ1n) is 5.48. The summed E-state index contributed by atoms with van der Waals surface area (Å²) in [5.41, 5.74) is 0.656. The van der Waals surface area contributed by atoms with Crippen LogP contribution in [0.25, 0.3) is 0 Å². The van der Waals surface area contributed by atoms with Crippen LogP contribution in [0, 0.1) is 5.82 Å². The molecule has 1 fully saturated rings. The zero-order chi connectivity index (χ0) is 11.5. The molecule has 2 unspecified atom stereocenters. The van der Waals surface area contributed by atoms with E-state index < -0.39 is 12.0 Å². The molecule has 1 saturated heterocycles. The number of benzene rings is 1. The van der Waals surface area contributed by atoms with E-state index in [-0.39, 0.29) is 17.5 Å². The van der Waals surface area contributed by atoms with Crippen LogP contribution in [0.4, 0.5) is 8.78 Å². The molecule has 0 spiro atoms. The number of hydrogen-bond acceptors (Lipinski definition) is 1. The molecule has 2 atom stereocenters. The summed E-state index contributed by atoms with van der Waals surface area (Å²) in [4.78, 5) is 0. The van der Waals surface area contributed by atoms with Crippen molar-refractivity contribution in [2.75, 3.05) is 6.54 Å². The molecule has 1 N–H and O–H groups in total. The molecule has 16 heavy (non-hydrogen) atoms. The summed E-state index contributed by atoms with van der Waals surface area (Å²) >= 11 is 5.56. The second-order valence-electron chi connectivity index (χ2n) is 4.17. The van der Waals surface area contributed by atoms with Gasteiger partial charge < -0.3 is 5.32 Å². The molecule has 1 nitrogen and oxygen atoms in total. The predicted molar refractivity (Wildman–Crippen MR) is 61.0 cm³/mol. The Morgan fingerprint density at radius 3 is 2.94 bits per heavy atom. The molecule has 0 amide bonds. The van der Waals surface area contributed by atoms with Gasteiger partial charge in [0.1, 0.15) is 12.0 Å². The molecule has 0 aromatic heterocycles. The van der Waals surface area contributed by atoms with E-state index in [0.717, 1.165) is 19.4 Å². The Hall–Kier alpha value is -0.670. The maximum absolute atomic E-state index is 13.8. The molecule has 1 heterocycles. The normalized spacial score (nSPS) is 22.3. The predicted octanol–water partition coefficient (Wildman–Crippen LogP) is 3.11. The molecular weight excluding hydrogens is 232 g/mol. The number of halogens is 3. The van der Waals surface area contributed by atoms with Crippen molar-refractivity contribution in [1.29, 1.82) is 0 Å². The minimum atomic E-state index is -0.955. The quantitative estimate of drug-likeness (QED) is 0.863. The summed E-state index contributed by atoms with van der Waals surface area (Å²) in [5, 5.41) is 3.19. The topological polar surface area (TPSA) is 12.0 Å². The molecule has 1 aliphatic rings. The maximum Gasteiger partial charge on any atom is 0.142 e. The fourth-order valence-corrected chi connectivity index (χ4v) is 2.17. The van der Waals surface area contributed by atoms with Crippen LogP contribution in [0.2, 0.25) is 5.02 Å². The van der Waals surface area contributed by atoms with Crippen molar-refractivity contribution in [1.82, 2.24) is 5.32 Å². The molecule has 0 aliphatic carbocycles. The van der Waals surface area contributed by atoms with E-state index in [9.17, 15) is 8.78 Å². The Labute approximate surface area is 98.8 Å². The lowest BCUT2D eigenvalue weighted by Gasteiger charge is -2.16. The first kappa shape index (κ1) is 11.8. The van der Waals surface area contributed by atoms with E-state index in [1.807, 2.05) is 0 Å². The molecule has 1 aromatic carbocycles. The zero-order valence-electron chi connectivity index (χ0n) is 8.85. The standard InChI is InChI=1S/C12H14ClF2N/c13-9-4-3-8(6-10(9)14)7-11(15)12-2-1-5-16-12/h3-4,6,11-12,16H,1-2,5,7H2. The summed E-state index contributed by atoms with van der Waals surface area (Å²) in [6, 6.07) is 4.37. The van der Waals surface area contributed by atoms with Gasteiger partial charge in [-0.05, 0) is 37.1 Å². The van der Waals surface area contributed by atoms with Crippen molar-refractivity contribution >= 4 is 11.6 Å². The highest BCUT2D eigenvalue weighted by molar-refractivity contribution is 6.30. The number of rotatable bonds is 3. The van der Waals surface area contributed by atoms with Crippen molar-refractivity contribution in [3.63, 3.8) is 0 Å². The van der Waals surface area contributed by atoms with Gasteiger partial charge in [0, 0.05) is 12.5 Å². The average molecular weight is 246 g/mol. The van der Waals surface area contributed by atoms with Crippen molar-refractivity contribution in [2.45, 2.75) is 31.5 Å². The highest BCUT2D eigenvalue weighted by Crippen LogP contribution is 2.20. The van der Waals surface area contributed by atoms with Crippen LogP contribution in [0.15, 0.2) is 18.2 Å². The van der Waals surface area contributed by atoms with Gasteiger partial charge in [-0.2, -0.15) is 0 Å². The Morgan fingerprint density at radius 2 is 2.31 bits per heavy atom. The van der Waals surface area contributed by atoms with Crippen molar-refractivity contribution < 1.29 is 8.78 Å². The molecule has 0 radical (unpaired) electrons. The SMILES string of the molecule is Fc1cc(CC(F)C2CCCN2)ccc1Cl. The van der Waals surface area contributed by atoms with Gasteiger partial charge in [-0.3, -0.25) is 0 Å². The summed E-state index contributed by atoms with van der Waals surface area (Å²) in [5.74, 6) is -0.481. The first-order valence-corrected chi connectivity index (χ1v) is 5.86. The smallest absolute Gasteiger partial charge is 0.142 e. The highest BCUT2D eigenvalue weighted by Gasteiger charge is 2.24. The van der Waals surface area contributed by atoms with Gasteiger partial charge in [-0.25, -0.2) is 8.78 Å². The number of hydrogen-bond donors (Lipinski definition) is 1. The molecule has 88 valence electrons. The van der Waals surface area contributed by atoms with Crippen LogP contribution in [0.5, 0.6) is 0 Å². The van der Waals surface area contributed by atoms with Gasteiger partial charge >= 0.3 is 0 Å². The summed E-state index contributed by atoms with van der Waals surface area (Å²) in [7, 11) is 0. The number of nitrogens with one attached hydrogen (secondary N) is 1. The third-order valence-electron chi connectivity index (χ3n) is 2.95. The lowest BCUT2D eigenvalue weighted by Crippen LogP contribution is -2.33. The van der Waals surface area contributed by atoms with Gasteiger partial charge in [0.05, 0.1) is 5.02 Å². The van der Waals surface area contributed by atoms with Crippen molar-refractivity contribution in [3.8, 4) is 0 Å². The lowest BCUT2D eigenvalue weighted by atomic mass is 10.0. The van der Waals surface area contributed by atoms with E-state index in [4.69, 9.17) is 11.6 Å². The van der Waals surface area contributed by atoms with E-state index in [2.05, 4.69) is 5.32 Å². The Bertz CT molecular complexity index is 364. The van der Waals surface area contributed by atoms with Crippen LogP contribution in [-0.2, 0) is 6.42 Å². The summed E-state index contributed by atoms with van der Waals surface area (Å²) < 4.78 is 26.9. The third-order valence-corrected chi connectivity index (χ3v) is 3.26. The lowest BCUT2D eigenvalue weighted by molar-refractivity contribution is 0.263. The monoisotopic (exact) mass is 245 g/mol. The summed E-state index contributed by atoms with van der Waals surface area (Å²) in [6.45, 7) is 0.875. The second kappa shape index (κ2) is 5.11. The second-order valence-corrected chi connectivity index (χ2v) is 4.58. The van der Waals surface area contributed by atoms with Crippen LogP contribution in [0.1, 0.15) is 18.4 Å². The van der Waals surface area contributed by atoms with Crippen molar-refractivity contribution in [2.24, 2.45) is 0 Å². The zero-order valence-corrected chi connectivity index (χ0v) is 9.61. The minimum Gasteiger partial charge on any atom is -0.311 e. The van der Waals surface area contributed by atoms with Gasteiger partial charge in [0.15, 0.2) is 0 Å². The van der Waals surface area contributed by atoms with Crippen LogP contribution < -0.4 is 5.32 Å². The fourth-order valence-electron chi connectivity index (χ4n) is 2.05. The molecular formula is C12H14ClF2N. The largest absolute Gasteiger partial charge is 0.311 e. The first-order chi connectivity index (χ1) is 7.66. The molecule has 4 heteroatoms. The van der Waals surface area contributed by atoms with E-state index >= 15 is 0 Å². The Balaban J connectivity index is 1.99. The number of alkyl halides is 1. The van der Waals surface area contributed by atoms with E-state index in [1.54, 1.807) is 6.07 Å². The maximum atomic E-state index is 13.8. The molecule has 0 bridgehead atoms. The van der Waals surface area contributed by atoms with Crippen LogP contribution >= 0.6 is 11.6 Å². The molecule has 0 saturated carbocycles. The van der Waals surface area contributed by atoms with Crippen molar-refractivity contribution in [3.05, 3.63) is 34.6 Å². The molecule has 1 aliphatic heterocycles. The average Bonchev–Trinajstić information content (AvgIpc) is 2.77. The van der Waals surface area contributed by atoms with Gasteiger partial charge in [-0.15, -0.1) is 0 Å². The molecule has 1 aromatic rings. The van der Waals surface area contributed by atoms with Gasteiger partial charge in [-0.1, -0.05) is 17.7 Å². The third kappa shape index (κ3) is 2.71. The van der Waals surface area contributed by atoms with Gasteiger partial charge in [0.25, 0.3) is 0 Å². The summed E-state index contributed by atoms with van der Waals surface area (Å²) in [6.07, 6.45) is 1.16. The Morgan fingerprint density at radius 1 is 1.50 bits per heavy atom. The highest BCUT2D eigenvalue weighted by atomic mass is 35.5. The Kier molecular flexibility index (Phi) is 3.77. The van der Waals surface area contributed by atoms with Crippen LogP contribution in [-0.4, -0.2) is 18.8 Å². The fraction of sp³-hybridized carbons (Fsp3) is 0.500. The van der Waals surface area contributed by atoms with Crippen LogP contribution in [0.3, 0.4) is 0 Å². The van der Waals surface area contributed by atoms with Gasteiger partial charge in [0.2, 0.25) is 0 Å². The van der Waals surface area contributed by atoms with E-state index in [0.29, 0.717) is 5.56 Å². The minimum absolute atomic E-state index is 0.0816.